The zero-order chi connectivity index (χ0) is 23.0. The highest BCUT2D eigenvalue weighted by Crippen LogP contribution is 2.26. The summed E-state index contributed by atoms with van der Waals surface area (Å²) in [5.74, 6) is -1.47. The molecule has 4 rings (SSSR count). The molecule has 2 aromatic carbocycles. The largest absolute Gasteiger partial charge is 0.451 e. The van der Waals surface area contributed by atoms with Gasteiger partial charge in [-0.3, -0.25) is 10.1 Å². The molecular weight excluding hydrogens is 440 g/mol. The van der Waals surface area contributed by atoms with Crippen LogP contribution in [-0.2, 0) is 16.1 Å². The molecule has 0 aliphatic heterocycles. The molecule has 3 amide bonds. The molecule has 2 N–H and O–H groups in total. The van der Waals surface area contributed by atoms with Gasteiger partial charge in [0.1, 0.15) is 5.69 Å². The summed E-state index contributed by atoms with van der Waals surface area (Å²) in [5, 5.41) is 11.2. The first-order valence-corrected chi connectivity index (χ1v) is 11.0. The number of ether oxygens (including phenoxy) is 1. The molecule has 0 spiro atoms. The molecule has 4 aromatic rings. The summed E-state index contributed by atoms with van der Waals surface area (Å²) in [5.41, 5.74) is 2.36. The van der Waals surface area contributed by atoms with Crippen LogP contribution in [0, 0.1) is 0 Å². The van der Waals surface area contributed by atoms with Crippen LogP contribution in [0.1, 0.15) is 16.1 Å². The number of para-hydroxylation sites is 1. The van der Waals surface area contributed by atoms with Crippen LogP contribution in [0.15, 0.2) is 84.2 Å². The molecule has 0 bridgehead atoms. The van der Waals surface area contributed by atoms with Gasteiger partial charge < -0.3 is 10.1 Å². The number of nitrogens with zero attached hydrogens (tertiary/aromatic N) is 2. The summed E-state index contributed by atoms with van der Waals surface area (Å²) >= 11 is 1.50. The monoisotopic (exact) mass is 460 g/mol. The number of hydrogen-bond acceptors (Lipinski definition) is 6. The quantitative estimate of drug-likeness (QED) is 0.409. The number of rotatable bonds is 7. The molecular formula is C24H20N4O4S. The summed E-state index contributed by atoms with van der Waals surface area (Å²) in [7, 11) is 0. The van der Waals surface area contributed by atoms with Crippen LogP contribution in [0.25, 0.3) is 16.3 Å². The second kappa shape index (κ2) is 10.4. The number of thiophene rings is 1. The molecule has 33 heavy (non-hydrogen) atoms. The Balaban J connectivity index is 1.38. The van der Waals surface area contributed by atoms with Gasteiger partial charge in [0.05, 0.1) is 10.6 Å². The molecule has 0 saturated carbocycles. The van der Waals surface area contributed by atoms with Crippen LogP contribution in [-0.4, -0.2) is 34.3 Å². The predicted octanol–water partition coefficient (Wildman–Crippen LogP) is 3.78. The number of esters is 1. The summed E-state index contributed by atoms with van der Waals surface area (Å²) in [6, 6.07) is 23.2. The van der Waals surface area contributed by atoms with Crippen LogP contribution in [0.3, 0.4) is 0 Å². The second-order valence-electron chi connectivity index (χ2n) is 6.93. The van der Waals surface area contributed by atoms with Crippen LogP contribution >= 0.6 is 11.3 Å². The standard InChI is InChI=1S/C24H20N4O4S/c29-22(26-24(31)25-15-17-8-3-1-4-9-17)16-32-23(30)20-14-19(21-12-7-13-33-21)27-28(20)18-10-5-2-6-11-18/h1-14H,15-16H2,(H2,25,26,29,31). The molecule has 0 aliphatic rings. The maximum atomic E-state index is 12.8. The van der Waals surface area contributed by atoms with E-state index >= 15 is 0 Å². The normalized spacial score (nSPS) is 10.4. The summed E-state index contributed by atoms with van der Waals surface area (Å²) in [6.45, 7) is -0.340. The van der Waals surface area contributed by atoms with E-state index < -0.39 is 24.5 Å². The fraction of sp³-hybridized carbons (Fsp3) is 0.0833. The van der Waals surface area contributed by atoms with Crippen molar-refractivity contribution in [2.24, 2.45) is 0 Å². The molecule has 0 saturated heterocycles. The Labute approximate surface area is 193 Å². The molecule has 2 aromatic heterocycles. The van der Waals surface area contributed by atoms with E-state index in [9.17, 15) is 14.4 Å². The zero-order valence-corrected chi connectivity index (χ0v) is 18.2. The average Bonchev–Trinajstić information content (AvgIpc) is 3.53. The van der Waals surface area contributed by atoms with E-state index in [0.717, 1.165) is 10.4 Å². The molecule has 9 heteroatoms. The van der Waals surface area contributed by atoms with Crippen molar-refractivity contribution in [2.45, 2.75) is 6.54 Å². The number of imide groups is 1. The second-order valence-corrected chi connectivity index (χ2v) is 7.88. The van der Waals surface area contributed by atoms with Crippen LogP contribution < -0.4 is 10.6 Å². The van der Waals surface area contributed by atoms with Gasteiger partial charge in [-0.05, 0) is 29.1 Å². The highest BCUT2D eigenvalue weighted by atomic mass is 32.1. The van der Waals surface area contributed by atoms with E-state index in [0.29, 0.717) is 11.4 Å². The fourth-order valence-corrected chi connectivity index (χ4v) is 3.71. The zero-order valence-electron chi connectivity index (χ0n) is 17.4. The molecule has 0 aliphatic carbocycles. The van der Waals surface area contributed by atoms with Crippen LogP contribution in [0.5, 0.6) is 0 Å². The molecule has 8 nitrogen and oxygen atoms in total. The third kappa shape index (κ3) is 5.72. The number of amides is 3. The van der Waals surface area contributed by atoms with Crippen LogP contribution in [0.2, 0.25) is 0 Å². The number of aromatic nitrogens is 2. The van der Waals surface area contributed by atoms with Gasteiger partial charge >= 0.3 is 12.0 Å². The third-order valence-corrected chi connectivity index (χ3v) is 5.47. The highest BCUT2D eigenvalue weighted by Gasteiger charge is 2.20. The van der Waals surface area contributed by atoms with Crippen molar-refractivity contribution in [1.29, 1.82) is 0 Å². The molecule has 0 atom stereocenters. The maximum absolute atomic E-state index is 12.8. The Hall–Kier alpha value is -4.24. The average molecular weight is 461 g/mol. The van der Waals surface area contributed by atoms with E-state index in [2.05, 4.69) is 15.7 Å². The van der Waals surface area contributed by atoms with Gasteiger partial charge in [-0.2, -0.15) is 5.10 Å². The van der Waals surface area contributed by atoms with Crippen molar-refractivity contribution in [1.82, 2.24) is 20.4 Å². The highest BCUT2D eigenvalue weighted by molar-refractivity contribution is 7.13. The number of carbonyl (C=O) groups is 3. The smallest absolute Gasteiger partial charge is 0.357 e. The van der Waals surface area contributed by atoms with E-state index in [4.69, 9.17) is 4.74 Å². The van der Waals surface area contributed by atoms with Crippen molar-refractivity contribution in [3.63, 3.8) is 0 Å². The van der Waals surface area contributed by atoms with Gasteiger partial charge in [0, 0.05) is 12.6 Å². The fourth-order valence-electron chi connectivity index (χ4n) is 3.03. The van der Waals surface area contributed by atoms with Crippen molar-refractivity contribution in [2.75, 3.05) is 6.61 Å². The number of hydrogen-bond donors (Lipinski definition) is 2. The van der Waals surface area contributed by atoms with E-state index in [1.165, 1.54) is 16.0 Å². The van der Waals surface area contributed by atoms with Gasteiger partial charge in [-0.15, -0.1) is 11.3 Å². The molecule has 0 radical (unpaired) electrons. The lowest BCUT2D eigenvalue weighted by atomic mass is 10.2. The number of nitrogens with one attached hydrogen (secondary N) is 2. The third-order valence-electron chi connectivity index (χ3n) is 4.58. The van der Waals surface area contributed by atoms with Gasteiger partial charge in [0.2, 0.25) is 0 Å². The van der Waals surface area contributed by atoms with Gasteiger partial charge in [-0.25, -0.2) is 14.3 Å². The lowest BCUT2D eigenvalue weighted by molar-refractivity contribution is -0.123. The van der Waals surface area contributed by atoms with E-state index in [1.54, 1.807) is 6.07 Å². The Kier molecular flexibility index (Phi) is 6.91. The Morgan fingerprint density at radius 1 is 0.939 bits per heavy atom. The maximum Gasteiger partial charge on any atom is 0.357 e. The van der Waals surface area contributed by atoms with Crippen molar-refractivity contribution in [3.05, 3.63) is 95.5 Å². The molecule has 0 unspecified atom stereocenters. The number of urea groups is 1. The van der Waals surface area contributed by atoms with E-state index in [1.807, 2.05) is 78.2 Å². The minimum absolute atomic E-state index is 0.172. The van der Waals surface area contributed by atoms with Crippen molar-refractivity contribution in [3.8, 4) is 16.3 Å². The Bertz CT molecular complexity index is 1240. The van der Waals surface area contributed by atoms with Gasteiger partial charge in [-0.1, -0.05) is 54.6 Å². The topological polar surface area (TPSA) is 102 Å². The summed E-state index contributed by atoms with van der Waals surface area (Å²) < 4.78 is 6.63. The summed E-state index contributed by atoms with van der Waals surface area (Å²) in [4.78, 5) is 37.7. The summed E-state index contributed by atoms with van der Waals surface area (Å²) in [6.07, 6.45) is 0. The van der Waals surface area contributed by atoms with Crippen molar-refractivity contribution < 1.29 is 19.1 Å². The minimum atomic E-state index is -0.738. The molecule has 0 fully saturated rings. The lowest BCUT2D eigenvalue weighted by Gasteiger charge is -2.09. The van der Waals surface area contributed by atoms with Gasteiger partial charge in [0.15, 0.2) is 12.3 Å². The first-order chi connectivity index (χ1) is 16.1. The predicted molar refractivity (Wildman–Crippen MR) is 124 cm³/mol. The van der Waals surface area contributed by atoms with Crippen molar-refractivity contribution >= 4 is 29.2 Å². The molecule has 2 heterocycles. The Morgan fingerprint density at radius 2 is 1.67 bits per heavy atom. The molecule has 166 valence electrons. The minimum Gasteiger partial charge on any atom is -0.451 e. The van der Waals surface area contributed by atoms with Gasteiger partial charge in [0.25, 0.3) is 5.91 Å². The lowest BCUT2D eigenvalue weighted by Crippen LogP contribution is -2.41. The van der Waals surface area contributed by atoms with E-state index in [-0.39, 0.29) is 12.2 Å². The SMILES string of the molecule is O=C(COC(=O)c1cc(-c2cccs2)nn1-c1ccccc1)NC(=O)NCc1ccccc1. The van der Waals surface area contributed by atoms with Crippen LogP contribution in [0.4, 0.5) is 4.79 Å². The Morgan fingerprint density at radius 3 is 2.36 bits per heavy atom. The number of carbonyl (C=O) groups excluding carboxylic acids is 3. The number of benzene rings is 2. The first kappa shape index (κ1) is 22.0. The first-order valence-electron chi connectivity index (χ1n) is 10.1.